The highest BCUT2D eigenvalue weighted by Gasteiger charge is 2.16. The zero-order chi connectivity index (χ0) is 15.2. The number of hydrogen-bond donors (Lipinski definition) is 1. The maximum Gasteiger partial charge on any atom is 0.137 e. The number of rotatable bonds is 6. The van der Waals surface area contributed by atoms with Crippen molar-refractivity contribution in [3.05, 3.63) is 47.8 Å². The minimum Gasteiger partial charge on any atom is -0.497 e. The van der Waals surface area contributed by atoms with E-state index in [1.807, 2.05) is 31.2 Å². The lowest BCUT2D eigenvalue weighted by Crippen LogP contribution is -2.14. The maximum atomic E-state index is 6.35. The van der Waals surface area contributed by atoms with E-state index in [0.717, 1.165) is 16.9 Å². The first-order chi connectivity index (χ1) is 10.2. The molecule has 0 saturated heterocycles. The Labute approximate surface area is 124 Å². The Bertz CT molecular complexity index is 602. The van der Waals surface area contributed by atoms with Gasteiger partial charge in [-0.15, -0.1) is 0 Å². The number of methoxy groups -OCH3 is 2. The fraction of sp³-hybridized carbons (Fsp3) is 0.312. The Morgan fingerprint density at radius 2 is 1.90 bits per heavy atom. The van der Waals surface area contributed by atoms with Crippen LogP contribution in [0, 0.1) is 0 Å². The van der Waals surface area contributed by atoms with Gasteiger partial charge < -0.3 is 19.9 Å². The van der Waals surface area contributed by atoms with E-state index in [0.29, 0.717) is 18.1 Å². The van der Waals surface area contributed by atoms with Crippen molar-refractivity contribution in [2.45, 2.75) is 13.0 Å². The van der Waals surface area contributed by atoms with Crippen molar-refractivity contribution in [3.63, 3.8) is 0 Å². The number of ether oxygens (including phenoxy) is 3. The number of aromatic nitrogens is 1. The molecule has 0 fully saturated rings. The van der Waals surface area contributed by atoms with Gasteiger partial charge in [0.15, 0.2) is 0 Å². The lowest BCUT2D eigenvalue weighted by atomic mass is 9.99. The Hall–Kier alpha value is -2.27. The topological polar surface area (TPSA) is 66.6 Å². The standard InChI is InChI=1S/C16H20N2O3/c1-4-21-13-7-11(9-18-10-13)16(17)14-8-12(19-2)5-6-15(14)20-3/h5-10,16H,4,17H2,1-3H3. The molecule has 112 valence electrons. The first-order valence-corrected chi connectivity index (χ1v) is 6.74. The lowest BCUT2D eigenvalue weighted by Gasteiger charge is -2.17. The predicted molar refractivity (Wildman–Crippen MR) is 81.0 cm³/mol. The second kappa shape index (κ2) is 6.95. The van der Waals surface area contributed by atoms with Gasteiger partial charge in [0.25, 0.3) is 0 Å². The van der Waals surface area contributed by atoms with Gasteiger partial charge in [-0.05, 0) is 36.8 Å². The summed E-state index contributed by atoms with van der Waals surface area (Å²) in [4.78, 5) is 4.17. The Balaban J connectivity index is 2.38. The van der Waals surface area contributed by atoms with E-state index in [4.69, 9.17) is 19.9 Å². The van der Waals surface area contributed by atoms with Crippen LogP contribution in [0.2, 0.25) is 0 Å². The molecule has 21 heavy (non-hydrogen) atoms. The molecule has 1 unspecified atom stereocenters. The molecule has 1 atom stereocenters. The third-order valence-electron chi connectivity index (χ3n) is 3.18. The van der Waals surface area contributed by atoms with Crippen molar-refractivity contribution in [2.75, 3.05) is 20.8 Å². The van der Waals surface area contributed by atoms with Crippen LogP contribution in [0.15, 0.2) is 36.7 Å². The quantitative estimate of drug-likeness (QED) is 0.884. The van der Waals surface area contributed by atoms with Gasteiger partial charge in [0.2, 0.25) is 0 Å². The smallest absolute Gasteiger partial charge is 0.137 e. The van der Waals surface area contributed by atoms with Crippen LogP contribution in [-0.2, 0) is 0 Å². The molecule has 0 aliphatic heterocycles. The number of nitrogens with two attached hydrogens (primary N) is 1. The molecule has 1 aromatic heterocycles. The van der Waals surface area contributed by atoms with Gasteiger partial charge in [0.05, 0.1) is 33.1 Å². The van der Waals surface area contributed by atoms with Crippen LogP contribution in [0.25, 0.3) is 0 Å². The summed E-state index contributed by atoms with van der Waals surface area (Å²) in [5, 5.41) is 0. The summed E-state index contributed by atoms with van der Waals surface area (Å²) in [7, 11) is 3.24. The van der Waals surface area contributed by atoms with Crippen LogP contribution in [0.5, 0.6) is 17.2 Å². The van der Waals surface area contributed by atoms with E-state index in [9.17, 15) is 0 Å². The van der Waals surface area contributed by atoms with Gasteiger partial charge in [-0.1, -0.05) is 0 Å². The highest BCUT2D eigenvalue weighted by atomic mass is 16.5. The number of nitrogens with zero attached hydrogens (tertiary/aromatic N) is 1. The van der Waals surface area contributed by atoms with E-state index >= 15 is 0 Å². The third-order valence-corrected chi connectivity index (χ3v) is 3.18. The summed E-state index contributed by atoms with van der Waals surface area (Å²) in [5.74, 6) is 2.15. The first kappa shape index (κ1) is 15.1. The average molecular weight is 288 g/mol. The van der Waals surface area contributed by atoms with Crippen molar-refractivity contribution in [1.29, 1.82) is 0 Å². The molecular formula is C16H20N2O3. The fourth-order valence-corrected chi connectivity index (χ4v) is 2.11. The highest BCUT2D eigenvalue weighted by Crippen LogP contribution is 2.32. The molecule has 0 bridgehead atoms. The molecule has 0 saturated carbocycles. The molecule has 0 spiro atoms. The highest BCUT2D eigenvalue weighted by molar-refractivity contribution is 5.46. The van der Waals surface area contributed by atoms with Crippen molar-refractivity contribution < 1.29 is 14.2 Å². The minimum atomic E-state index is -0.372. The number of hydrogen-bond acceptors (Lipinski definition) is 5. The van der Waals surface area contributed by atoms with Gasteiger partial charge >= 0.3 is 0 Å². The van der Waals surface area contributed by atoms with Crippen molar-refractivity contribution in [1.82, 2.24) is 4.98 Å². The largest absolute Gasteiger partial charge is 0.497 e. The second-order valence-electron chi connectivity index (χ2n) is 4.47. The van der Waals surface area contributed by atoms with E-state index < -0.39 is 0 Å². The first-order valence-electron chi connectivity index (χ1n) is 6.74. The van der Waals surface area contributed by atoms with Gasteiger partial charge in [0.1, 0.15) is 17.2 Å². The van der Waals surface area contributed by atoms with Crippen molar-refractivity contribution in [3.8, 4) is 17.2 Å². The van der Waals surface area contributed by atoms with Crippen LogP contribution in [0.4, 0.5) is 0 Å². The molecule has 1 aromatic carbocycles. The van der Waals surface area contributed by atoms with Gasteiger partial charge in [-0.2, -0.15) is 0 Å². The van der Waals surface area contributed by atoms with E-state index in [-0.39, 0.29) is 6.04 Å². The number of pyridine rings is 1. The molecule has 0 aliphatic rings. The maximum absolute atomic E-state index is 6.35. The molecule has 5 heteroatoms. The Morgan fingerprint density at radius 3 is 2.57 bits per heavy atom. The Morgan fingerprint density at radius 1 is 1.10 bits per heavy atom. The summed E-state index contributed by atoms with van der Waals surface area (Å²) in [6, 6.07) is 7.07. The molecule has 0 amide bonds. The summed E-state index contributed by atoms with van der Waals surface area (Å²) in [6.45, 7) is 2.51. The van der Waals surface area contributed by atoms with Crippen LogP contribution in [0.1, 0.15) is 24.1 Å². The van der Waals surface area contributed by atoms with Crippen LogP contribution in [0.3, 0.4) is 0 Å². The predicted octanol–water partition coefficient (Wildman–Crippen LogP) is 2.55. The van der Waals surface area contributed by atoms with Crippen LogP contribution < -0.4 is 19.9 Å². The molecule has 0 aliphatic carbocycles. The fourth-order valence-electron chi connectivity index (χ4n) is 2.11. The summed E-state index contributed by atoms with van der Waals surface area (Å²) >= 11 is 0. The van der Waals surface area contributed by atoms with Gasteiger partial charge in [-0.25, -0.2) is 0 Å². The summed E-state index contributed by atoms with van der Waals surface area (Å²) in [6.07, 6.45) is 3.40. The molecule has 0 radical (unpaired) electrons. The molecule has 2 aromatic rings. The van der Waals surface area contributed by atoms with E-state index in [2.05, 4.69) is 4.98 Å². The average Bonchev–Trinajstić information content (AvgIpc) is 2.54. The van der Waals surface area contributed by atoms with E-state index in [1.165, 1.54) is 0 Å². The van der Waals surface area contributed by atoms with Gasteiger partial charge in [0, 0.05) is 11.8 Å². The summed E-state index contributed by atoms with van der Waals surface area (Å²) < 4.78 is 16.1. The lowest BCUT2D eigenvalue weighted by molar-refractivity contribution is 0.338. The van der Waals surface area contributed by atoms with Crippen molar-refractivity contribution in [2.24, 2.45) is 5.73 Å². The zero-order valence-corrected chi connectivity index (χ0v) is 12.5. The molecule has 2 rings (SSSR count). The second-order valence-corrected chi connectivity index (χ2v) is 4.47. The normalized spacial score (nSPS) is 11.8. The third kappa shape index (κ3) is 3.44. The number of benzene rings is 1. The van der Waals surface area contributed by atoms with Crippen LogP contribution in [-0.4, -0.2) is 25.8 Å². The summed E-state index contributed by atoms with van der Waals surface area (Å²) in [5.41, 5.74) is 8.04. The molecular weight excluding hydrogens is 268 g/mol. The van der Waals surface area contributed by atoms with Gasteiger partial charge in [-0.3, -0.25) is 4.98 Å². The molecule has 2 N–H and O–H groups in total. The van der Waals surface area contributed by atoms with E-state index in [1.54, 1.807) is 26.6 Å². The Kier molecular flexibility index (Phi) is 5.00. The zero-order valence-electron chi connectivity index (χ0n) is 12.5. The van der Waals surface area contributed by atoms with Crippen LogP contribution >= 0.6 is 0 Å². The molecule has 1 heterocycles. The molecule has 5 nitrogen and oxygen atoms in total. The SMILES string of the molecule is CCOc1cncc(C(N)c2cc(OC)ccc2OC)c1. The monoisotopic (exact) mass is 288 g/mol. The minimum absolute atomic E-state index is 0.372. The van der Waals surface area contributed by atoms with Crippen molar-refractivity contribution >= 4 is 0 Å².